The van der Waals surface area contributed by atoms with Gasteiger partial charge in [-0.3, -0.25) is 9.69 Å². The summed E-state index contributed by atoms with van der Waals surface area (Å²) in [6.45, 7) is 4.02. The first-order valence-electron chi connectivity index (χ1n) is 8.59. The quantitative estimate of drug-likeness (QED) is 0.870. The van der Waals surface area contributed by atoms with Crippen molar-refractivity contribution in [3.8, 4) is 0 Å². The van der Waals surface area contributed by atoms with E-state index in [4.69, 9.17) is 0 Å². The lowest BCUT2D eigenvalue weighted by Gasteiger charge is -2.33. The maximum absolute atomic E-state index is 12.7. The van der Waals surface area contributed by atoms with Crippen molar-refractivity contribution in [2.45, 2.75) is 11.8 Å². The number of aryl methyl sites for hydroxylation is 1. The highest BCUT2D eigenvalue weighted by atomic mass is 32.2. The molecule has 0 aliphatic carbocycles. The zero-order chi connectivity index (χ0) is 18.6. The maximum Gasteiger partial charge on any atom is 0.243 e. The van der Waals surface area contributed by atoms with E-state index >= 15 is 0 Å². The number of nitrogens with one attached hydrogen (secondary N) is 1. The summed E-state index contributed by atoms with van der Waals surface area (Å²) in [6, 6.07) is 16.2. The van der Waals surface area contributed by atoms with E-state index in [-0.39, 0.29) is 12.5 Å². The number of amides is 1. The lowest BCUT2D eigenvalue weighted by atomic mass is 10.2. The molecule has 0 radical (unpaired) electrons. The molecule has 0 saturated carbocycles. The molecule has 3 rings (SSSR count). The Hall–Kier alpha value is -2.22. The number of carbonyl (C=O) groups is 1. The van der Waals surface area contributed by atoms with Crippen LogP contribution in [-0.2, 0) is 14.8 Å². The number of anilines is 1. The highest BCUT2D eigenvalue weighted by Crippen LogP contribution is 2.18. The van der Waals surface area contributed by atoms with Gasteiger partial charge in [-0.1, -0.05) is 35.9 Å². The molecular formula is C19H23N3O3S. The molecule has 1 saturated heterocycles. The van der Waals surface area contributed by atoms with Gasteiger partial charge in [0, 0.05) is 31.9 Å². The van der Waals surface area contributed by atoms with Gasteiger partial charge in [-0.05, 0) is 31.2 Å². The molecule has 0 unspecified atom stereocenters. The van der Waals surface area contributed by atoms with E-state index in [1.54, 1.807) is 24.3 Å². The molecule has 1 N–H and O–H groups in total. The fourth-order valence-corrected chi connectivity index (χ4v) is 4.33. The monoisotopic (exact) mass is 373 g/mol. The molecule has 1 aliphatic heterocycles. The highest BCUT2D eigenvalue weighted by Gasteiger charge is 2.28. The van der Waals surface area contributed by atoms with Crippen molar-refractivity contribution in [1.29, 1.82) is 0 Å². The molecule has 0 bridgehead atoms. The zero-order valence-corrected chi connectivity index (χ0v) is 15.6. The van der Waals surface area contributed by atoms with Gasteiger partial charge in [-0.25, -0.2) is 8.42 Å². The summed E-state index contributed by atoms with van der Waals surface area (Å²) >= 11 is 0. The summed E-state index contributed by atoms with van der Waals surface area (Å²) in [4.78, 5) is 14.4. The fraction of sp³-hybridized carbons (Fsp3) is 0.316. The summed E-state index contributed by atoms with van der Waals surface area (Å²) in [7, 11) is -3.47. The maximum atomic E-state index is 12.7. The third kappa shape index (κ3) is 4.49. The smallest absolute Gasteiger partial charge is 0.243 e. The Morgan fingerprint density at radius 2 is 1.58 bits per heavy atom. The minimum Gasteiger partial charge on any atom is -0.325 e. The van der Waals surface area contributed by atoms with Crippen LogP contribution >= 0.6 is 0 Å². The average molecular weight is 373 g/mol. The van der Waals surface area contributed by atoms with Crippen LogP contribution < -0.4 is 5.32 Å². The van der Waals surface area contributed by atoms with E-state index in [1.807, 2.05) is 42.2 Å². The number of benzene rings is 2. The Morgan fingerprint density at radius 3 is 2.19 bits per heavy atom. The van der Waals surface area contributed by atoms with Crippen LogP contribution in [0.5, 0.6) is 0 Å². The van der Waals surface area contributed by atoms with Gasteiger partial charge in [0.1, 0.15) is 0 Å². The molecule has 2 aromatic carbocycles. The molecule has 6 nitrogen and oxygen atoms in total. The summed E-state index contributed by atoms with van der Waals surface area (Å²) in [5, 5.41) is 2.85. The van der Waals surface area contributed by atoms with E-state index in [2.05, 4.69) is 5.32 Å². The second-order valence-corrected chi connectivity index (χ2v) is 8.35. The van der Waals surface area contributed by atoms with E-state index in [0.717, 1.165) is 11.3 Å². The van der Waals surface area contributed by atoms with Crippen LogP contribution in [0.4, 0.5) is 5.69 Å². The molecular weight excluding hydrogens is 350 g/mol. The molecule has 0 spiro atoms. The second-order valence-electron chi connectivity index (χ2n) is 6.41. The van der Waals surface area contributed by atoms with Crippen LogP contribution in [0.15, 0.2) is 59.5 Å². The van der Waals surface area contributed by atoms with E-state index in [1.165, 1.54) is 4.31 Å². The van der Waals surface area contributed by atoms with Gasteiger partial charge in [-0.15, -0.1) is 0 Å². The van der Waals surface area contributed by atoms with E-state index < -0.39 is 10.0 Å². The Kier molecular flexibility index (Phi) is 5.70. The summed E-state index contributed by atoms with van der Waals surface area (Å²) in [5.74, 6) is -0.0916. The lowest BCUT2D eigenvalue weighted by Crippen LogP contribution is -2.50. The minimum atomic E-state index is -3.47. The Bertz CT molecular complexity index is 843. The van der Waals surface area contributed by atoms with Crippen LogP contribution in [0, 0.1) is 6.92 Å². The average Bonchev–Trinajstić information content (AvgIpc) is 2.63. The number of carbonyl (C=O) groups excluding carboxylic acids is 1. The van der Waals surface area contributed by atoms with Crippen LogP contribution in [0.2, 0.25) is 0 Å². The molecule has 0 aromatic heterocycles. The molecule has 7 heteroatoms. The zero-order valence-electron chi connectivity index (χ0n) is 14.8. The number of sulfonamides is 1. The lowest BCUT2D eigenvalue weighted by molar-refractivity contribution is -0.117. The number of para-hydroxylation sites is 1. The van der Waals surface area contributed by atoms with Crippen LogP contribution in [-0.4, -0.2) is 56.3 Å². The van der Waals surface area contributed by atoms with Gasteiger partial charge >= 0.3 is 0 Å². The van der Waals surface area contributed by atoms with Crippen molar-refractivity contribution in [1.82, 2.24) is 9.21 Å². The van der Waals surface area contributed by atoms with Crippen LogP contribution in [0.25, 0.3) is 0 Å². The first kappa shape index (κ1) is 18.6. The minimum absolute atomic E-state index is 0.0916. The molecule has 1 amide bonds. The van der Waals surface area contributed by atoms with Crippen molar-refractivity contribution < 1.29 is 13.2 Å². The first-order valence-corrected chi connectivity index (χ1v) is 10.0. The number of rotatable bonds is 5. The molecule has 138 valence electrons. The van der Waals surface area contributed by atoms with Gasteiger partial charge in [-0.2, -0.15) is 4.31 Å². The molecule has 1 aliphatic rings. The van der Waals surface area contributed by atoms with Gasteiger partial charge in [0.2, 0.25) is 15.9 Å². The fourth-order valence-electron chi connectivity index (χ4n) is 2.91. The first-order chi connectivity index (χ1) is 12.4. The largest absolute Gasteiger partial charge is 0.325 e. The number of nitrogens with zero attached hydrogens (tertiary/aromatic N) is 2. The van der Waals surface area contributed by atoms with Gasteiger partial charge in [0.25, 0.3) is 0 Å². The third-order valence-electron chi connectivity index (χ3n) is 4.41. The normalized spacial score (nSPS) is 16.3. The van der Waals surface area contributed by atoms with Gasteiger partial charge in [0.05, 0.1) is 11.4 Å². The molecule has 0 atom stereocenters. The molecule has 2 aromatic rings. The van der Waals surface area contributed by atoms with Gasteiger partial charge in [0.15, 0.2) is 0 Å². The highest BCUT2D eigenvalue weighted by molar-refractivity contribution is 7.89. The Labute approximate surface area is 154 Å². The van der Waals surface area contributed by atoms with Crippen molar-refractivity contribution >= 4 is 21.6 Å². The predicted octanol–water partition coefficient (Wildman–Crippen LogP) is 1.94. The standard InChI is InChI=1S/C19H23N3O3S/c1-16-7-9-18(10-8-16)26(24,25)22-13-11-21(12-14-22)15-19(23)20-17-5-3-2-4-6-17/h2-10H,11-15H2,1H3,(H,20,23). The van der Waals surface area contributed by atoms with Crippen molar-refractivity contribution in [3.05, 3.63) is 60.2 Å². The SMILES string of the molecule is Cc1ccc(S(=O)(=O)N2CCN(CC(=O)Nc3ccccc3)CC2)cc1. The number of hydrogen-bond acceptors (Lipinski definition) is 4. The third-order valence-corrected chi connectivity index (χ3v) is 6.33. The van der Waals surface area contributed by atoms with Crippen molar-refractivity contribution in [2.75, 3.05) is 38.0 Å². The van der Waals surface area contributed by atoms with Crippen LogP contribution in [0.1, 0.15) is 5.56 Å². The van der Waals surface area contributed by atoms with Crippen LogP contribution in [0.3, 0.4) is 0 Å². The van der Waals surface area contributed by atoms with Crippen molar-refractivity contribution in [3.63, 3.8) is 0 Å². The molecule has 1 heterocycles. The Balaban J connectivity index is 1.54. The predicted molar refractivity (Wildman–Crippen MR) is 101 cm³/mol. The van der Waals surface area contributed by atoms with Gasteiger partial charge < -0.3 is 5.32 Å². The number of hydrogen-bond donors (Lipinski definition) is 1. The van der Waals surface area contributed by atoms with E-state index in [0.29, 0.717) is 31.1 Å². The topological polar surface area (TPSA) is 69.7 Å². The second kappa shape index (κ2) is 7.99. The Morgan fingerprint density at radius 1 is 0.962 bits per heavy atom. The molecule has 1 fully saturated rings. The van der Waals surface area contributed by atoms with Crippen molar-refractivity contribution in [2.24, 2.45) is 0 Å². The van der Waals surface area contributed by atoms with E-state index in [9.17, 15) is 13.2 Å². The number of piperazine rings is 1. The summed E-state index contributed by atoms with van der Waals surface area (Å²) in [5.41, 5.74) is 1.79. The molecule has 26 heavy (non-hydrogen) atoms. The summed E-state index contributed by atoms with van der Waals surface area (Å²) in [6.07, 6.45) is 0. The summed E-state index contributed by atoms with van der Waals surface area (Å²) < 4.78 is 26.9.